The minimum atomic E-state index is -0.525. The van der Waals surface area contributed by atoms with Crippen molar-refractivity contribution in [2.45, 2.75) is 20.8 Å². The molecule has 0 aliphatic heterocycles. The first-order valence-electron chi connectivity index (χ1n) is 10.1. The molecule has 0 bridgehead atoms. The van der Waals surface area contributed by atoms with Gasteiger partial charge in [-0.1, -0.05) is 6.07 Å². The number of nitrogens with zero attached hydrogens (tertiary/aromatic N) is 2. The van der Waals surface area contributed by atoms with Gasteiger partial charge in [0.05, 0.1) is 4.92 Å². The van der Waals surface area contributed by atoms with Crippen LogP contribution in [0.3, 0.4) is 0 Å². The Morgan fingerprint density at radius 2 is 1.70 bits per heavy atom. The molecule has 4 aromatic rings. The number of hydrogen-bond donors (Lipinski definition) is 2. The predicted octanol–water partition coefficient (Wildman–Crippen LogP) is 5.46. The fourth-order valence-electron chi connectivity index (χ4n) is 3.26. The summed E-state index contributed by atoms with van der Waals surface area (Å²) >= 11 is 5.29. The van der Waals surface area contributed by atoms with Crippen LogP contribution in [-0.2, 0) is 0 Å². The van der Waals surface area contributed by atoms with Crippen molar-refractivity contribution in [2.75, 3.05) is 5.32 Å². The van der Waals surface area contributed by atoms with Gasteiger partial charge < -0.3 is 9.73 Å². The number of rotatable bonds is 4. The van der Waals surface area contributed by atoms with Gasteiger partial charge in [0, 0.05) is 28.9 Å². The number of nitro benzene ring substituents is 1. The molecule has 0 aliphatic rings. The highest BCUT2D eigenvalue weighted by molar-refractivity contribution is 7.80. The Bertz CT molecular complexity index is 1370. The van der Waals surface area contributed by atoms with E-state index in [0.717, 1.165) is 27.8 Å². The summed E-state index contributed by atoms with van der Waals surface area (Å²) in [5, 5.41) is 16.5. The molecule has 0 aliphatic carbocycles. The first kappa shape index (κ1) is 22.1. The van der Waals surface area contributed by atoms with Crippen LogP contribution in [0.25, 0.3) is 22.6 Å². The average Bonchev–Trinajstić information content (AvgIpc) is 3.18. The van der Waals surface area contributed by atoms with Gasteiger partial charge in [-0.25, -0.2) is 4.98 Å². The van der Waals surface area contributed by atoms with E-state index in [1.807, 2.05) is 51.1 Å². The Balaban J connectivity index is 1.51. The number of oxazole rings is 1. The fourth-order valence-corrected chi connectivity index (χ4v) is 3.46. The van der Waals surface area contributed by atoms with Crippen LogP contribution < -0.4 is 10.6 Å². The lowest BCUT2D eigenvalue weighted by Crippen LogP contribution is -2.34. The van der Waals surface area contributed by atoms with Crippen molar-refractivity contribution in [3.05, 3.63) is 87.0 Å². The van der Waals surface area contributed by atoms with E-state index in [1.165, 1.54) is 24.3 Å². The van der Waals surface area contributed by atoms with Crippen molar-refractivity contribution in [3.8, 4) is 11.5 Å². The molecular weight excluding hydrogens is 440 g/mol. The summed E-state index contributed by atoms with van der Waals surface area (Å²) in [4.78, 5) is 27.3. The number of fused-ring (bicyclic) bond motifs is 1. The highest BCUT2D eigenvalue weighted by Crippen LogP contribution is 2.29. The zero-order valence-corrected chi connectivity index (χ0v) is 18.9. The summed E-state index contributed by atoms with van der Waals surface area (Å²) in [7, 11) is 0. The SMILES string of the molecule is Cc1cc2nc(-c3ccc(C)c(NC(=S)NC(=O)c4ccc([N+](=O)[O-])cc4)c3)oc2cc1C. The van der Waals surface area contributed by atoms with Gasteiger partial charge >= 0.3 is 0 Å². The molecule has 0 saturated carbocycles. The molecule has 0 unspecified atom stereocenters. The van der Waals surface area contributed by atoms with Crippen LogP contribution in [0.15, 0.2) is 59.0 Å². The van der Waals surface area contributed by atoms with E-state index in [0.29, 0.717) is 17.2 Å². The molecule has 9 heteroatoms. The number of hydrogen-bond acceptors (Lipinski definition) is 6. The Kier molecular flexibility index (Phi) is 5.89. The highest BCUT2D eigenvalue weighted by Gasteiger charge is 2.14. The number of aromatic nitrogens is 1. The number of aryl methyl sites for hydroxylation is 3. The molecule has 0 radical (unpaired) electrons. The summed E-state index contributed by atoms with van der Waals surface area (Å²) in [6.07, 6.45) is 0. The van der Waals surface area contributed by atoms with Crippen LogP contribution in [0.5, 0.6) is 0 Å². The maximum Gasteiger partial charge on any atom is 0.269 e. The predicted molar refractivity (Wildman–Crippen MR) is 130 cm³/mol. The third-order valence-corrected chi connectivity index (χ3v) is 5.51. The van der Waals surface area contributed by atoms with Crippen LogP contribution in [0.4, 0.5) is 11.4 Å². The van der Waals surface area contributed by atoms with Crippen molar-refractivity contribution in [1.29, 1.82) is 0 Å². The number of carbonyl (C=O) groups excluding carboxylic acids is 1. The number of nitrogens with one attached hydrogen (secondary N) is 2. The number of amides is 1. The van der Waals surface area contributed by atoms with Crippen molar-refractivity contribution in [3.63, 3.8) is 0 Å². The molecule has 166 valence electrons. The normalized spacial score (nSPS) is 10.8. The second-order valence-corrected chi connectivity index (χ2v) is 8.07. The highest BCUT2D eigenvalue weighted by atomic mass is 32.1. The van der Waals surface area contributed by atoms with E-state index in [4.69, 9.17) is 16.6 Å². The number of benzene rings is 3. The van der Waals surface area contributed by atoms with Crippen LogP contribution in [0, 0.1) is 30.9 Å². The average molecular weight is 461 g/mol. The molecule has 3 aromatic carbocycles. The van der Waals surface area contributed by atoms with E-state index in [1.54, 1.807) is 0 Å². The molecule has 33 heavy (non-hydrogen) atoms. The minimum absolute atomic E-state index is 0.0933. The van der Waals surface area contributed by atoms with Gasteiger partial charge in [0.15, 0.2) is 10.7 Å². The minimum Gasteiger partial charge on any atom is -0.436 e. The largest absolute Gasteiger partial charge is 0.436 e. The number of carbonyl (C=O) groups is 1. The number of nitro groups is 1. The van der Waals surface area contributed by atoms with Crippen LogP contribution >= 0.6 is 12.2 Å². The standard InChI is InChI=1S/C24H20N4O4S/c1-13-4-5-17(23-25-20-10-14(2)15(3)11-21(20)32-23)12-19(13)26-24(33)27-22(29)16-6-8-18(9-7-16)28(30)31/h4-12H,1-3H3,(H2,26,27,29,33). The quantitative estimate of drug-likeness (QED) is 0.236. The summed E-state index contributed by atoms with van der Waals surface area (Å²) in [6, 6.07) is 14.9. The van der Waals surface area contributed by atoms with Crippen molar-refractivity contribution in [1.82, 2.24) is 10.3 Å². The van der Waals surface area contributed by atoms with E-state index in [9.17, 15) is 14.9 Å². The Morgan fingerprint density at radius 3 is 2.39 bits per heavy atom. The zero-order chi connectivity index (χ0) is 23.7. The maximum absolute atomic E-state index is 12.4. The molecule has 1 heterocycles. The van der Waals surface area contributed by atoms with Gasteiger partial charge in [-0.05, 0) is 86.1 Å². The maximum atomic E-state index is 12.4. The van der Waals surface area contributed by atoms with Crippen LogP contribution in [-0.4, -0.2) is 20.9 Å². The van der Waals surface area contributed by atoms with Crippen molar-refractivity contribution < 1.29 is 14.1 Å². The number of thiocarbonyl (C=S) groups is 1. The van der Waals surface area contributed by atoms with E-state index in [2.05, 4.69) is 15.6 Å². The third kappa shape index (κ3) is 4.73. The van der Waals surface area contributed by atoms with Crippen LogP contribution in [0.1, 0.15) is 27.0 Å². The summed E-state index contributed by atoms with van der Waals surface area (Å²) in [5.41, 5.74) is 6.30. The van der Waals surface area contributed by atoms with Gasteiger partial charge in [0.25, 0.3) is 11.6 Å². The van der Waals surface area contributed by atoms with E-state index < -0.39 is 10.8 Å². The van der Waals surface area contributed by atoms with Gasteiger partial charge in [-0.3, -0.25) is 20.2 Å². The molecule has 1 aromatic heterocycles. The topological polar surface area (TPSA) is 110 Å². The zero-order valence-electron chi connectivity index (χ0n) is 18.1. The Labute approximate surface area is 194 Å². The summed E-state index contributed by atoms with van der Waals surface area (Å²) in [6.45, 7) is 5.96. The molecular formula is C24H20N4O4S. The van der Waals surface area contributed by atoms with Gasteiger partial charge in [0.2, 0.25) is 5.89 Å². The molecule has 0 atom stereocenters. The van der Waals surface area contributed by atoms with Gasteiger partial charge in [-0.15, -0.1) is 0 Å². The lowest BCUT2D eigenvalue weighted by Gasteiger charge is -2.12. The number of non-ortho nitro benzene ring substituents is 1. The second-order valence-electron chi connectivity index (χ2n) is 7.67. The molecule has 1 amide bonds. The van der Waals surface area contributed by atoms with Gasteiger partial charge in [-0.2, -0.15) is 0 Å². The van der Waals surface area contributed by atoms with E-state index in [-0.39, 0.29) is 16.4 Å². The smallest absolute Gasteiger partial charge is 0.269 e. The van der Waals surface area contributed by atoms with E-state index >= 15 is 0 Å². The fraction of sp³-hybridized carbons (Fsp3) is 0.125. The molecule has 0 spiro atoms. The lowest BCUT2D eigenvalue weighted by atomic mass is 10.1. The van der Waals surface area contributed by atoms with Crippen molar-refractivity contribution >= 4 is 45.7 Å². The molecule has 4 rings (SSSR count). The van der Waals surface area contributed by atoms with Gasteiger partial charge in [0.1, 0.15) is 5.52 Å². The molecule has 0 fully saturated rings. The third-order valence-electron chi connectivity index (χ3n) is 5.30. The first-order chi connectivity index (χ1) is 15.7. The van der Waals surface area contributed by atoms with Crippen LogP contribution in [0.2, 0.25) is 0 Å². The lowest BCUT2D eigenvalue weighted by molar-refractivity contribution is -0.384. The molecule has 2 N–H and O–H groups in total. The Morgan fingerprint density at radius 1 is 1.00 bits per heavy atom. The van der Waals surface area contributed by atoms with Crippen molar-refractivity contribution in [2.24, 2.45) is 0 Å². The first-order valence-corrected chi connectivity index (χ1v) is 10.5. The second kappa shape index (κ2) is 8.79. The summed E-state index contributed by atoms with van der Waals surface area (Å²) < 4.78 is 5.95. The Hall–Kier alpha value is -4.11. The summed E-state index contributed by atoms with van der Waals surface area (Å²) in [5.74, 6) is 0.0137. The molecule has 8 nitrogen and oxygen atoms in total. The number of anilines is 1. The molecule has 0 saturated heterocycles. The monoisotopic (exact) mass is 460 g/mol.